The summed E-state index contributed by atoms with van der Waals surface area (Å²) >= 11 is 0. The first-order chi connectivity index (χ1) is 10.8. The zero-order chi connectivity index (χ0) is 17.0. The van der Waals surface area contributed by atoms with Gasteiger partial charge in [0, 0.05) is 6.20 Å². The van der Waals surface area contributed by atoms with E-state index in [1.54, 1.807) is 18.2 Å². The first-order valence-electron chi connectivity index (χ1n) is 7.01. The van der Waals surface area contributed by atoms with Crippen LogP contribution in [0.1, 0.15) is 35.7 Å². The highest BCUT2D eigenvalue weighted by Crippen LogP contribution is 2.21. The van der Waals surface area contributed by atoms with Crippen LogP contribution in [0, 0.1) is 0 Å². The van der Waals surface area contributed by atoms with Crippen molar-refractivity contribution >= 4 is 21.7 Å². The lowest BCUT2D eigenvalue weighted by Crippen LogP contribution is -2.17. The molecule has 0 spiro atoms. The predicted octanol–water partition coefficient (Wildman–Crippen LogP) is 2.79. The summed E-state index contributed by atoms with van der Waals surface area (Å²) in [6.45, 7) is 3.99. The molecule has 0 aliphatic heterocycles. The van der Waals surface area contributed by atoms with Crippen LogP contribution in [0.15, 0.2) is 47.6 Å². The van der Waals surface area contributed by atoms with Crippen molar-refractivity contribution in [1.82, 2.24) is 4.98 Å². The number of methoxy groups -OCH3 is 1. The van der Waals surface area contributed by atoms with E-state index in [-0.39, 0.29) is 22.2 Å². The Kier molecular flexibility index (Phi) is 5.00. The Bertz CT molecular complexity index is 799. The summed E-state index contributed by atoms with van der Waals surface area (Å²) in [4.78, 5) is 15.7. The highest BCUT2D eigenvalue weighted by molar-refractivity contribution is 7.92. The van der Waals surface area contributed by atoms with E-state index in [2.05, 4.69) is 14.4 Å². The molecule has 0 aliphatic rings. The van der Waals surface area contributed by atoms with E-state index in [9.17, 15) is 13.2 Å². The van der Waals surface area contributed by atoms with E-state index in [1.165, 1.54) is 31.5 Å². The van der Waals surface area contributed by atoms with Crippen molar-refractivity contribution in [3.8, 4) is 0 Å². The smallest absolute Gasteiger partial charge is 0.339 e. The molecule has 0 unspecified atom stereocenters. The van der Waals surface area contributed by atoms with Gasteiger partial charge in [-0.05, 0) is 29.7 Å². The van der Waals surface area contributed by atoms with Gasteiger partial charge in [0.2, 0.25) is 0 Å². The second kappa shape index (κ2) is 6.78. The molecule has 0 fully saturated rings. The number of aromatic nitrogens is 1. The minimum atomic E-state index is -3.89. The normalized spacial score (nSPS) is 11.3. The van der Waals surface area contributed by atoms with Crippen LogP contribution >= 0.6 is 0 Å². The average molecular weight is 334 g/mol. The van der Waals surface area contributed by atoms with Gasteiger partial charge in [0.25, 0.3) is 10.0 Å². The monoisotopic (exact) mass is 334 g/mol. The van der Waals surface area contributed by atoms with Gasteiger partial charge in [0.15, 0.2) is 5.03 Å². The largest absolute Gasteiger partial charge is 0.465 e. The molecule has 0 amide bonds. The van der Waals surface area contributed by atoms with Crippen molar-refractivity contribution < 1.29 is 17.9 Å². The molecule has 23 heavy (non-hydrogen) atoms. The third kappa shape index (κ3) is 3.87. The molecule has 0 aliphatic carbocycles. The Morgan fingerprint density at radius 3 is 2.43 bits per heavy atom. The molecule has 2 aromatic rings. The summed E-state index contributed by atoms with van der Waals surface area (Å²) in [6.07, 6.45) is 1.53. The first-order valence-corrected chi connectivity index (χ1v) is 8.49. The molecule has 1 aromatic heterocycles. The molecule has 0 saturated carbocycles. The molecular weight excluding hydrogens is 316 g/mol. The number of hydrogen-bond donors (Lipinski definition) is 1. The lowest BCUT2D eigenvalue weighted by molar-refractivity contribution is 0.0602. The number of ether oxygens (including phenoxy) is 1. The highest BCUT2D eigenvalue weighted by atomic mass is 32.2. The summed E-state index contributed by atoms with van der Waals surface area (Å²) in [5.74, 6) is -0.362. The van der Waals surface area contributed by atoms with Crippen LogP contribution < -0.4 is 4.72 Å². The molecule has 7 heteroatoms. The minimum Gasteiger partial charge on any atom is -0.465 e. The number of anilines is 1. The third-order valence-electron chi connectivity index (χ3n) is 3.28. The van der Waals surface area contributed by atoms with Gasteiger partial charge in [-0.15, -0.1) is 0 Å². The molecule has 1 N–H and O–H groups in total. The fourth-order valence-corrected chi connectivity index (χ4v) is 2.96. The number of carbonyl (C=O) groups excluding carboxylic acids is 1. The molecule has 122 valence electrons. The molecule has 1 aromatic carbocycles. The Hall–Kier alpha value is -2.41. The number of nitrogens with zero attached hydrogens (tertiary/aromatic N) is 1. The number of rotatable bonds is 5. The van der Waals surface area contributed by atoms with Gasteiger partial charge in [0.1, 0.15) is 0 Å². The Labute approximate surface area is 135 Å². The molecule has 2 rings (SSSR count). The molecule has 0 atom stereocenters. The maximum Gasteiger partial charge on any atom is 0.339 e. The molecular formula is C16H18N2O4S. The van der Waals surface area contributed by atoms with Crippen LogP contribution in [0.4, 0.5) is 5.69 Å². The maximum absolute atomic E-state index is 12.4. The minimum absolute atomic E-state index is 0.110. The van der Waals surface area contributed by atoms with Crippen LogP contribution in [-0.2, 0) is 14.8 Å². The maximum atomic E-state index is 12.4. The Morgan fingerprint density at radius 1 is 1.17 bits per heavy atom. The third-order valence-corrected chi connectivity index (χ3v) is 4.56. The van der Waals surface area contributed by atoms with Crippen molar-refractivity contribution in [2.75, 3.05) is 11.8 Å². The van der Waals surface area contributed by atoms with Gasteiger partial charge in [-0.3, -0.25) is 4.72 Å². The van der Waals surface area contributed by atoms with E-state index < -0.39 is 16.0 Å². The quantitative estimate of drug-likeness (QED) is 0.850. The van der Waals surface area contributed by atoms with Crippen molar-refractivity contribution in [2.45, 2.75) is 24.8 Å². The fraction of sp³-hybridized carbons (Fsp3) is 0.250. The number of nitrogens with one attached hydrogen (secondary N) is 1. The molecule has 0 bridgehead atoms. The summed E-state index contributed by atoms with van der Waals surface area (Å²) in [5.41, 5.74) is 1.23. The van der Waals surface area contributed by atoms with Crippen molar-refractivity contribution in [3.05, 3.63) is 53.7 Å². The SMILES string of the molecule is COC(=O)c1ccccc1NS(=O)(=O)c1ccc(C(C)C)cn1. The van der Waals surface area contributed by atoms with Gasteiger partial charge in [-0.2, -0.15) is 8.42 Å². The van der Waals surface area contributed by atoms with Gasteiger partial charge < -0.3 is 4.74 Å². The number of esters is 1. The van der Waals surface area contributed by atoms with Crippen LogP contribution in [0.3, 0.4) is 0 Å². The van der Waals surface area contributed by atoms with E-state index in [0.717, 1.165) is 5.56 Å². The van der Waals surface area contributed by atoms with Crippen molar-refractivity contribution in [1.29, 1.82) is 0 Å². The number of pyridine rings is 1. The van der Waals surface area contributed by atoms with Crippen LogP contribution in [0.5, 0.6) is 0 Å². The fourth-order valence-electron chi connectivity index (χ4n) is 1.95. The molecule has 1 heterocycles. The van der Waals surface area contributed by atoms with E-state index in [1.807, 2.05) is 13.8 Å². The van der Waals surface area contributed by atoms with Gasteiger partial charge in [-0.1, -0.05) is 32.0 Å². The number of benzene rings is 1. The molecule has 0 saturated heterocycles. The lowest BCUT2D eigenvalue weighted by atomic mass is 10.1. The summed E-state index contributed by atoms with van der Waals surface area (Å²) in [5, 5.41) is -0.110. The number of para-hydroxylation sites is 1. The zero-order valence-electron chi connectivity index (χ0n) is 13.1. The predicted molar refractivity (Wildman–Crippen MR) is 86.9 cm³/mol. The summed E-state index contributed by atoms with van der Waals surface area (Å²) in [7, 11) is -2.65. The topological polar surface area (TPSA) is 85.4 Å². The number of sulfonamides is 1. The van der Waals surface area contributed by atoms with E-state index in [4.69, 9.17) is 0 Å². The van der Waals surface area contributed by atoms with Crippen LogP contribution in [0.2, 0.25) is 0 Å². The Balaban J connectivity index is 2.34. The molecule has 0 radical (unpaired) electrons. The molecule has 6 nitrogen and oxygen atoms in total. The van der Waals surface area contributed by atoms with Crippen molar-refractivity contribution in [3.63, 3.8) is 0 Å². The Morgan fingerprint density at radius 2 is 1.87 bits per heavy atom. The van der Waals surface area contributed by atoms with Gasteiger partial charge >= 0.3 is 5.97 Å². The van der Waals surface area contributed by atoms with Crippen LogP contribution in [0.25, 0.3) is 0 Å². The van der Waals surface area contributed by atoms with Crippen LogP contribution in [-0.4, -0.2) is 26.5 Å². The number of hydrogen-bond acceptors (Lipinski definition) is 5. The summed E-state index contributed by atoms with van der Waals surface area (Å²) < 4.78 is 31.9. The zero-order valence-corrected chi connectivity index (χ0v) is 13.9. The van der Waals surface area contributed by atoms with Gasteiger partial charge in [-0.25, -0.2) is 9.78 Å². The first kappa shape index (κ1) is 17.0. The van der Waals surface area contributed by atoms with E-state index >= 15 is 0 Å². The second-order valence-corrected chi connectivity index (χ2v) is 6.86. The van der Waals surface area contributed by atoms with E-state index in [0.29, 0.717) is 0 Å². The highest BCUT2D eigenvalue weighted by Gasteiger charge is 2.20. The summed E-state index contributed by atoms with van der Waals surface area (Å²) in [6, 6.07) is 9.39. The lowest BCUT2D eigenvalue weighted by Gasteiger charge is -2.11. The van der Waals surface area contributed by atoms with Crippen molar-refractivity contribution in [2.24, 2.45) is 0 Å². The average Bonchev–Trinajstić information content (AvgIpc) is 2.54. The second-order valence-electron chi connectivity index (χ2n) is 5.23. The number of carbonyl (C=O) groups is 1. The van der Waals surface area contributed by atoms with Gasteiger partial charge in [0.05, 0.1) is 18.4 Å². The standard InChI is InChI=1S/C16H18N2O4S/c1-11(2)12-8-9-15(17-10-12)23(20,21)18-14-7-5-4-6-13(14)16(19)22-3/h4-11,18H,1-3H3.